The van der Waals surface area contributed by atoms with Crippen LogP contribution in [0.3, 0.4) is 0 Å². The largest absolute Gasteiger partial charge is 0.428 e. The zero-order valence-electron chi connectivity index (χ0n) is 13.8. The Labute approximate surface area is 137 Å². The second kappa shape index (κ2) is 7.59. The molecule has 3 aromatic carbocycles. The highest BCUT2D eigenvalue weighted by Gasteiger charge is 2.11. The Morgan fingerprint density at radius 1 is 0.783 bits per heavy atom. The molecule has 0 aliphatic carbocycles. The predicted octanol–water partition coefficient (Wildman–Crippen LogP) is 5.36. The van der Waals surface area contributed by atoms with Crippen molar-refractivity contribution < 1.29 is 9.53 Å². The zero-order valence-corrected chi connectivity index (χ0v) is 13.8. The lowest BCUT2D eigenvalue weighted by atomic mass is 9.87. The Hall–Kier alpha value is -2.61. The van der Waals surface area contributed by atoms with Crippen molar-refractivity contribution in [3.63, 3.8) is 0 Å². The van der Waals surface area contributed by atoms with Gasteiger partial charge >= 0.3 is 0 Å². The molecule has 3 rings (SSSR count). The van der Waals surface area contributed by atoms with Crippen molar-refractivity contribution in [2.45, 2.75) is 26.2 Å². The van der Waals surface area contributed by atoms with Crippen molar-refractivity contribution >= 4 is 17.2 Å². The highest BCUT2D eigenvalue weighted by molar-refractivity contribution is 5.88. The summed E-state index contributed by atoms with van der Waals surface area (Å²) in [5.74, 6) is 0.605. The molecule has 0 saturated carbocycles. The van der Waals surface area contributed by atoms with Gasteiger partial charge in [-0.1, -0.05) is 87.5 Å². The van der Waals surface area contributed by atoms with Gasteiger partial charge in [0, 0.05) is 5.39 Å². The number of fused-ring (bicyclic) bond motifs is 1. The number of carbonyl (C=O) groups is 1. The number of carbonyl (C=O) groups excluding carboxylic acids is 1. The van der Waals surface area contributed by atoms with E-state index in [-0.39, 0.29) is 0 Å². The van der Waals surface area contributed by atoms with Crippen LogP contribution >= 0.6 is 0 Å². The summed E-state index contributed by atoms with van der Waals surface area (Å²) in [6.07, 6.45) is 0. The summed E-state index contributed by atoms with van der Waals surface area (Å²) in [7, 11) is 0. The normalized spacial score (nSPS) is 10.6. The van der Waals surface area contributed by atoms with Crippen molar-refractivity contribution in [1.82, 2.24) is 0 Å². The van der Waals surface area contributed by atoms with Gasteiger partial charge in [0.15, 0.2) is 0 Å². The third-order valence-electron chi connectivity index (χ3n) is 3.56. The van der Waals surface area contributed by atoms with Gasteiger partial charge in [-0.05, 0) is 22.4 Å². The molecule has 0 aliphatic heterocycles. The van der Waals surface area contributed by atoms with Crippen LogP contribution in [0.25, 0.3) is 10.8 Å². The average Bonchev–Trinajstić information content (AvgIpc) is 2.56. The Balaban J connectivity index is 0.000000174. The summed E-state index contributed by atoms with van der Waals surface area (Å²) in [4.78, 5) is 10.2. The topological polar surface area (TPSA) is 26.3 Å². The van der Waals surface area contributed by atoms with Crippen LogP contribution in [0, 0.1) is 0 Å². The summed E-state index contributed by atoms with van der Waals surface area (Å²) in [6, 6.07) is 23.9. The molecule has 118 valence electrons. The molecule has 0 radical (unpaired) electrons. The van der Waals surface area contributed by atoms with E-state index in [4.69, 9.17) is 4.74 Å². The van der Waals surface area contributed by atoms with E-state index in [2.05, 4.69) is 51.1 Å². The highest BCUT2D eigenvalue weighted by atomic mass is 16.5. The fourth-order valence-electron chi connectivity index (χ4n) is 2.29. The van der Waals surface area contributed by atoms with Crippen LogP contribution in [-0.2, 0) is 10.2 Å². The molecule has 3 aromatic rings. The quantitative estimate of drug-likeness (QED) is 0.596. The Morgan fingerprint density at radius 2 is 1.39 bits per heavy atom. The molecular formula is C21H22O2. The molecule has 2 heteroatoms. The Kier molecular flexibility index (Phi) is 5.53. The van der Waals surface area contributed by atoms with Gasteiger partial charge in [-0.15, -0.1) is 0 Å². The Morgan fingerprint density at radius 3 is 2.00 bits per heavy atom. The molecule has 0 aromatic heterocycles. The minimum Gasteiger partial charge on any atom is -0.428 e. The molecule has 0 heterocycles. The van der Waals surface area contributed by atoms with Gasteiger partial charge in [-0.25, -0.2) is 0 Å². The lowest BCUT2D eigenvalue weighted by Crippen LogP contribution is -2.10. The minimum absolute atomic E-state index is 0.293. The number of rotatable bonds is 2. The smallest absolute Gasteiger partial charge is 0.298 e. The molecule has 0 fully saturated rings. The molecule has 0 bridgehead atoms. The molecule has 0 unspecified atom stereocenters. The van der Waals surface area contributed by atoms with E-state index in [1.165, 1.54) is 5.56 Å². The van der Waals surface area contributed by atoms with Gasteiger partial charge in [-0.2, -0.15) is 0 Å². The van der Waals surface area contributed by atoms with Crippen molar-refractivity contribution in [1.29, 1.82) is 0 Å². The molecule has 0 atom stereocenters. The summed E-state index contributed by atoms with van der Waals surface area (Å²) in [6.45, 7) is 7.12. The third-order valence-corrected chi connectivity index (χ3v) is 3.56. The summed E-state index contributed by atoms with van der Waals surface area (Å²) in [5.41, 5.74) is 1.69. The van der Waals surface area contributed by atoms with E-state index >= 15 is 0 Å². The maximum atomic E-state index is 10.2. The lowest BCUT2D eigenvalue weighted by molar-refractivity contribution is -0.120. The van der Waals surface area contributed by atoms with Crippen molar-refractivity contribution in [2.24, 2.45) is 0 Å². The van der Waals surface area contributed by atoms with Gasteiger partial charge in [0.2, 0.25) is 0 Å². The van der Waals surface area contributed by atoms with Gasteiger partial charge in [0.25, 0.3) is 6.47 Å². The van der Waals surface area contributed by atoms with E-state index in [9.17, 15) is 4.79 Å². The predicted molar refractivity (Wildman–Crippen MR) is 95.8 cm³/mol. The number of hydrogen-bond donors (Lipinski definition) is 0. The van der Waals surface area contributed by atoms with Crippen molar-refractivity contribution in [3.05, 3.63) is 78.4 Å². The van der Waals surface area contributed by atoms with Crippen LogP contribution in [0.1, 0.15) is 26.3 Å². The monoisotopic (exact) mass is 306 g/mol. The van der Waals surface area contributed by atoms with Gasteiger partial charge < -0.3 is 4.74 Å². The highest BCUT2D eigenvalue weighted by Crippen LogP contribution is 2.24. The van der Waals surface area contributed by atoms with E-state index in [1.807, 2.05) is 36.4 Å². The second-order valence-corrected chi connectivity index (χ2v) is 6.31. The molecule has 0 spiro atoms. The van der Waals surface area contributed by atoms with Crippen LogP contribution < -0.4 is 4.74 Å². The van der Waals surface area contributed by atoms with Crippen molar-refractivity contribution in [3.8, 4) is 5.75 Å². The van der Waals surface area contributed by atoms with Crippen LogP contribution in [0.2, 0.25) is 0 Å². The van der Waals surface area contributed by atoms with Crippen molar-refractivity contribution in [2.75, 3.05) is 0 Å². The fraction of sp³-hybridized carbons (Fsp3) is 0.190. The summed E-state index contributed by atoms with van der Waals surface area (Å²) >= 11 is 0. The first-order valence-corrected chi connectivity index (χ1v) is 7.66. The van der Waals surface area contributed by atoms with E-state index in [0.717, 1.165) is 10.8 Å². The molecule has 2 nitrogen and oxygen atoms in total. The first kappa shape index (κ1) is 16.8. The van der Waals surface area contributed by atoms with Crippen LogP contribution in [-0.4, -0.2) is 6.47 Å². The lowest BCUT2D eigenvalue weighted by Gasteiger charge is -2.18. The van der Waals surface area contributed by atoms with Gasteiger partial charge in [-0.3, -0.25) is 4.79 Å². The van der Waals surface area contributed by atoms with E-state index in [1.54, 1.807) is 6.07 Å². The van der Waals surface area contributed by atoms with E-state index in [0.29, 0.717) is 17.6 Å². The molecule has 23 heavy (non-hydrogen) atoms. The number of benzene rings is 3. The maximum Gasteiger partial charge on any atom is 0.298 e. The fourth-order valence-corrected chi connectivity index (χ4v) is 2.29. The summed E-state index contributed by atoms with van der Waals surface area (Å²) < 4.78 is 4.84. The maximum absolute atomic E-state index is 10.2. The number of ether oxygens (including phenoxy) is 1. The first-order valence-electron chi connectivity index (χ1n) is 7.66. The molecule has 0 N–H and O–H groups in total. The standard InChI is InChI=1S/C11H8O2.C10H14/c12-8-13-11-7-3-5-9-4-1-2-6-10(9)11;1-10(2,3)9-7-5-4-6-8-9/h1-8H;4-8H,1-3H3. The molecule has 0 amide bonds. The molecular weight excluding hydrogens is 284 g/mol. The molecule has 0 aliphatic rings. The minimum atomic E-state index is 0.293. The van der Waals surface area contributed by atoms with Gasteiger partial charge in [0.1, 0.15) is 5.75 Å². The van der Waals surface area contributed by atoms with Crippen LogP contribution in [0.4, 0.5) is 0 Å². The van der Waals surface area contributed by atoms with E-state index < -0.39 is 0 Å². The first-order chi connectivity index (χ1) is 11.0. The van der Waals surface area contributed by atoms with Crippen LogP contribution in [0.5, 0.6) is 5.75 Å². The average molecular weight is 306 g/mol. The summed E-state index contributed by atoms with van der Waals surface area (Å²) in [5, 5.41) is 2.03. The SMILES string of the molecule is CC(C)(C)c1ccccc1.O=COc1cccc2ccccc12. The number of hydrogen-bond acceptors (Lipinski definition) is 2. The second-order valence-electron chi connectivity index (χ2n) is 6.31. The third kappa shape index (κ3) is 4.68. The molecule has 0 saturated heterocycles. The van der Waals surface area contributed by atoms with Crippen LogP contribution in [0.15, 0.2) is 72.8 Å². The Bertz CT molecular complexity index is 750. The zero-order chi connectivity index (χ0) is 16.7. The van der Waals surface area contributed by atoms with Gasteiger partial charge in [0.05, 0.1) is 0 Å².